The number of rotatable bonds is 4. The Morgan fingerprint density at radius 1 is 1.00 bits per heavy atom. The first-order valence-electron chi connectivity index (χ1n) is 7.42. The molecule has 0 radical (unpaired) electrons. The SMILES string of the molecule is N#CC(=CNc1cc(C(F)(F)F)cc(C(F)(F)F)c1)S(=O)(=O)c1ccccc1Cl. The molecule has 0 amide bonds. The molecule has 2 aromatic rings. The highest BCUT2D eigenvalue weighted by atomic mass is 35.5. The van der Waals surface area contributed by atoms with Gasteiger partial charge in [0.15, 0.2) is 4.91 Å². The summed E-state index contributed by atoms with van der Waals surface area (Å²) in [5.74, 6) is 0. The molecule has 0 unspecified atom stereocenters. The molecule has 0 bridgehead atoms. The topological polar surface area (TPSA) is 70.0 Å². The van der Waals surface area contributed by atoms with Gasteiger partial charge in [-0.1, -0.05) is 23.7 Å². The molecular formula is C17H9ClF6N2O2S. The number of anilines is 1. The number of alkyl halides is 6. The Labute approximate surface area is 165 Å². The van der Waals surface area contributed by atoms with E-state index >= 15 is 0 Å². The summed E-state index contributed by atoms with van der Waals surface area (Å²) in [6.45, 7) is 0. The van der Waals surface area contributed by atoms with E-state index in [1.54, 1.807) is 0 Å². The Balaban J connectivity index is 2.51. The third-order valence-electron chi connectivity index (χ3n) is 3.48. The molecule has 0 spiro atoms. The molecule has 2 rings (SSSR count). The van der Waals surface area contributed by atoms with E-state index in [4.69, 9.17) is 16.9 Å². The lowest BCUT2D eigenvalue weighted by molar-refractivity contribution is -0.143. The van der Waals surface area contributed by atoms with E-state index in [0.29, 0.717) is 18.3 Å². The van der Waals surface area contributed by atoms with Crippen molar-refractivity contribution in [1.82, 2.24) is 0 Å². The van der Waals surface area contributed by atoms with Crippen LogP contribution in [0.15, 0.2) is 58.5 Å². The Morgan fingerprint density at radius 2 is 1.52 bits per heavy atom. The van der Waals surface area contributed by atoms with Crippen LogP contribution in [0.3, 0.4) is 0 Å². The molecule has 0 heterocycles. The maximum atomic E-state index is 12.9. The van der Waals surface area contributed by atoms with Crippen LogP contribution in [-0.2, 0) is 22.2 Å². The van der Waals surface area contributed by atoms with Crippen LogP contribution < -0.4 is 5.32 Å². The van der Waals surface area contributed by atoms with E-state index in [9.17, 15) is 34.8 Å². The number of hydrogen-bond donors (Lipinski definition) is 1. The Hall–Kier alpha value is -2.71. The van der Waals surface area contributed by atoms with E-state index in [0.717, 1.165) is 6.07 Å². The van der Waals surface area contributed by atoms with Gasteiger partial charge in [-0.2, -0.15) is 31.6 Å². The number of hydrogen-bond acceptors (Lipinski definition) is 4. The zero-order valence-corrected chi connectivity index (χ0v) is 15.5. The molecular weight excluding hydrogens is 446 g/mol. The van der Waals surface area contributed by atoms with Crippen LogP contribution in [0.5, 0.6) is 0 Å². The smallest absolute Gasteiger partial charge is 0.360 e. The van der Waals surface area contributed by atoms with Crippen LogP contribution in [0.1, 0.15) is 11.1 Å². The van der Waals surface area contributed by atoms with Crippen LogP contribution in [0.4, 0.5) is 32.0 Å². The number of nitriles is 1. The predicted octanol–water partition coefficient (Wildman–Crippen LogP) is 5.63. The fourth-order valence-electron chi connectivity index (χ4n) is 2.14. The molecule has 0 saturated heterocycles. The van der Waals surface area contributed by atoms with Crippen molar-refractivity contribution in [3.63, 3.8) is 0 Å². The van der Waals surface area contributed by atoms with E-state index in [1.807, 2.05) is 5.32 Å². The minimum Gasteiger partial charge on any atom is -0.360 e. The Bertz CT molecular complexity index is 1070. The van der Waals surface area contributed by atoms with Gasteiger partial charge in [-0.25, -0.2) is 8.42 Å². The molecule has 0 aliphatic heterocycles. The molecule has 29 heavy (non-hydrogen) atoms. The molecule has 0 fully saturated rings. The lowest BCUT2D eigenvalue weighted by Gasteiger charge is -2.14. The first-order chi connectivity index (χ1) is 13.3. The zero-order valence-electron chi connectivity index (χ0n) is 13.9. The van der Waals surface area contributed by atoms with E-state index in [1.165, 1.54) is 24.3 Å². The zero-order chi connectivity index (χ0) is 22.0. The fraction of sp³-hybridized carbons (Fsp3) is 0.118. The number of halogens is 7. The quantitative estimate of drug-likeness (QED) is 0.480. The molecule has 0 aliphatic rings. The van der Waals surface area contributed by atoms with E-state index in [-0.39, 0.29) is 11.1 Å². The van der Waals surface area contributed by atoms with Gasteiger partial charge in [0.25, 0.3) is 0 Å². The summed E-state index contributed by atoms with van der Waals surface area (Å²) < 4.78 is 102. The molecule has 12 heteroatoms. The van der Waals surface area contributed by atoms with Crippen molar-refractivity contribution < 1.29 is 34.8 Å². The van der Waals surface area contributed by atoms with Gasteiger partial charge in [0.05, 0.1) is 21.0 Å². The summed E-state index contributed by atoms with van der Waals surface area (Å²) in [6.07, 6.45) is -9.67. The fourth-order valence-corrected chi connectivity index (χ4v) is 3.73. The number of nitrogens with one attached hydrogen (secondary N) is 1. The van der Waals surface area contributed by atoms with Crippen molar-refractivity contribution in [1.29, 1.82) is 5.26 Å². The van der Waals surface area contributed by atoms with Crippen LogP contribution in [0.25, 0.3) is 0 Å². The van der Waals surface area contributed by atoms with Crippen molar-refractivity contribution in [2.75, 3.05) is 5.32 Å². The lowest BCUT2D eigenvalue weighted by Crippen LogP contribution is -2.12. The number of benzene rings is 2. The largest absolute Gasteiger partial charge is 0.416 e. The van der Waals surface area contributed by atoms with Crippen molar-refractivity contribution in [2.45, 2.75) is 17.2 Å². The average Bonchev–Trinajstić information content (AvgIpc) is 2.60. The summed E-state index contributed by atoms with van der Waals surface area (Å²) in [5, 5.41) is 10.9. The summed E-state index contributed by atoms with van der Waals surface area (Å²) in [6, 6.07) is 7.03. The maximum Gasteiger partial charge on any atom is 0.416 e. The Morgan fingerprint density at radius 3 is 1.97 bits per heavy atom. The number of nitrogens with zero attached hydrogens (tertiary/aromatic N) is 1. The summed E-state index contributed by atoms with van der Waals surface area (Å²) in [7, 11) is -4.47. The van der Waals surface area contributed by atoms with E-state index in [2.05, 4.69) is 0 Å². The molecule has 0 aromatic heterocycles. The number of allylic oxidation sites excluding steroid dienone is 1. The van der Waals surface area contributed by atoms with Crippen molar-refractivity contribution in [3.8, 4) is 6.07 Å². The second-order valence-electron chi connectivity index (χ2n) is 5.49. The van der Waals surface area contributed by atoms with E-state index < -0.39 is 48.8 Å². The van der Waals surface area contributed by atoms with Gasteiger partial charge in [0, 0.05) is 11.9 Å². The molecule has 2 aromatic carbocycles. The molecule has 0 atom stereocenters. The molecule has 1 N–H and O–H groups in total. The van der Waals surface area contributed by atoms with Gasteiger partial charge in [-0.15, -0.1) is 0 Å². The summed E-state index contributed by atoms with van der Waals surface area (Å²) >= 11 is 5.78. The van der Waals surface area contributed by atoms with Crippen LogP contribution in [0, 0.1) is 11.3 Å². The molecule has 0 saturated carbocycles. The number of sulfone groups is 1. The highest BCUT2D eigenvalue weighted by molar-refractivity contribution is 7.95. The van der Waals surface area contributed by atoms with Gasteiger partial charge in [0.2, 0.25) is 9.84 Å². The summed E-state index contributed by atoms with van der Waals surface area (Å²) in [5.41, 5.74) is -3.92. The highest BCUT2D eigenvalue weighted by Gasteiger charge is 2.37. The third-order valence-corrected chi connectivity index (χ3v) is 5.65. The van der Waals surface area contributed by atoms with Crippen LogP contribution in [0.2, 0.25) is 5.02 Å². The monoisotopic (exact) mass is 454 g/mol. The minimum absolute atomic E-state index is 0.0828. The van der Waals surface area contributed by atoms with Gasteiger partial charge in [-0.05, 0) is 30.3 Å². The normalized spacial score (nSPS) is 13.1. The molecule has 154 valence electrons. The Kier molecular flexibility index (Phi) is 6.20. The van der Waals surface area contributed by atoms with Gasteiger partial charge < -0.3 is 5.32 Å². The average molecular weight is 455 g/mol. The molecule has 0 aliphatic carbocycles. The first-order valence-corrected chi connectivity index (χ1v) is 9.29. The predicted molar refractivity (Wildman–Crippen MR) is 92.4 cm³/mol. The van der Waals surface area contributed by atoms with Gasteiger partial charge in [-0.3, -0.25) is 0 Å². The van der Waals surface area contributed by atoms with Crippen molar-refractivity contribution >= 4 is 27.1 Å². The maximum absolute atomic E-state index is 12.9. The first kappa shape index (κ1) is 22.6. The van der Waals surface area contributed by atoms with Crippen molar-refractivity contribution in [2.24, 2.45) is 0 Å². The minimum atomic E-state index is -5.08. The second-order valence-corrected chi connectivity index (χ2v) is 7.79. The van der Waals surface area contributed by atoms with Crippen LogP contribution >= 0.6 is 11.6 Å². The second kappa shape index (κ2) is 7.96. The van der Waals surface area contributed by atoms with Crippen LogP contribution in [-0.4, -0.2) is 8.42 Å². The van der Waals surface area contributed by atoms with Crippen molar-refractivity contribution in [3.05, 3.63) is 69.7 Å². The van der Waals surface area contributed by atoms with Gasteiger partial charge >= 0.3 is 12.4 Å². The van der Waals surface area contributed by atoms with Gasteiger partial charge in [0.1, 0.15) is 6.07 Å². The standard InChI is InChI=1S/C17H9ClF6N2O2S/c18-14-3-1-2-4-15(14)29(27,28)13(8-25)9-26-12-6-10(16(19,20)21)5-11(7-12)17(22,23)24/h1-7,9,26H. The summed E-state index contributed by atoms with van der Waals surface area (Å²) in [4.78, 5) is -1.41. The molecule has 4 nitrogen and oxygen atoms in total. The third kappa shape index (κ3) is 5.21. The lowest BCUT2D eigenvalue weighted by atomic mass is 10.1. The highest BCUT2D eigenvalue weighted by Crippen LogP contribution is 2.37.